The Bertz CT molecular complexity index is 305. The van der Waals surface area contributed by atoms with Crippen LogP contribution in [0.15, 0.2) is 24.3 Å². The Morgan fingerprint density at radius 2 is 1.76 bits per heavy atom. The molecule has 2 heteroatoms. The van der Waals surface area contributed by atoms with Crippen molar-refractivity contribution in [1.82, 2.24) is 5.32 Å². The van der Waals surface area contributed by atoms with Crippen LogP contribution in [-0.2, 0) is 0 Å². The molecule has 0 aliphatic rings. The van der Waals surface area contributed by atoms with Gasteiger partial charge in [-0.2, -0.15) is 0 Å². The molecule has 1 aromatic rings. The van der Waals surface area contributed by atoms with Crippen LogP contribution in [-0.4, -0.2) is 13.7 Å². The second-order valence-electron chi connectivity index (χ2n) is 4.85. The summed E-state index contributed by atoms with van der Waals surface area (Å²) in [6, 6.07) is 8.86. The fraction of sp³-hybridized carbons (Fsp3) is 0.600. The van der Waals surface area contributed by atoms with E-state index in [0.717, 1.165) is 18.2 Å². The average molecular weight is 235 g/mol. The summed E-state index contributed by atoms with van der Waals surface area (Å²) >= 11 is 0. The van der Waals surface area contributed by atoms with Gasteiger partial charge in [-0.15, -0.1) is 0 Å². The minimum absolute atomic E-state index is 0.466. The van der Waals surface area contributed by atoms with Gasteiger partial charge >= 0.3 is 0 Å². The second kappa shape index (κ2) is 7.33. The zero-order chi connectivity index (χ0) is 12.7. The number of hydrogen-bond donors (Lipinski definition) is 1. The molecule has 0 bridgehead atoms. The lowest BCUT2D eigenvalue weighted by molar-refractivity contribution is 0.413. The Morgan fingerprint density at radius 1 is 1.12 bits per heavy atom. The van der Waals surface area contributed by atoms with Crippen molar-refractivity contribution in [2.75, 3.05) is 13.7 Å². The minimum Gasteiger partial charge on any atom is -0.497 e. The number of methoxy groups -OCH3 is 1. The molecule has 1 aromatic carbocycles. The van der Waals surface area contributed by atoms with Gasteiger partial charge in [-0.25, -0.2) is 0 Å². The van der Waals surface area contributed by atoms with E-state index in [1.54, 1.807) is 7.11 Å². The van der Waals surface area contributed by atoms with Gasteiger partial charge in [-0.1, -0.05) is 32.9 Å². The number of nitrogens with one attached hydrogen (secondary N) is 1. The summed E-state index contributed by atoms with van der Waals surface area (Å²) in [6.45, 7) is 7.72. The summed E-state index contributed by atoms with van der Waals surface area (Å²) in [5.41, 5.74) is 1.35. The topological polar surface area (TPSA) is 21.3 Å². The molecular weight excluding hydrogens is 210 g/mol. The molecule has 1 unspecified atom stereocenters. The van der Waals surface area contributed by atoms with Crippen LogP contribution in [0.3, 0.4) is 0 Å². The highest BCUT2D eigenvalue weighted by Crippen LogP contribution is 2.23. The third kappa shape index (κ3) is 4.78. The summed E-state index contributed by atoms with van der Waals surface area (Å²) in [5.74, 6) is 1.68. The standard InChI is InChI=1S/C15H25NO/c1-5-16-15(11-6-12(2)3)13-7-9-14(17-4)10-8-13/h7-10,12,15-16H,5-6,11H2,1-4H3. The zero-order valence-electron chi connectivity index (χ0n) is 11.5. The van der Waals surface area contributed by atoms with E-state index in [4.69, 9.17) is 4.74 Å². The van der Waals surface area contributed by atoms with Crippen molar-refractivity contribution in [3.8, 4) is 5.75 Å². The predicted octanol–water partition coefficient (Wildman–Crippen LogP) is 3.78. The Labute approximate surface area is 105 Å². The lowest BCUT2D eigenvalue weighted by atomic mass is 9.97. The molecule has 17 heavy (non-hydrogen) atoms. The van der Waals surface area contributed by atoms with Gasteiger partial charge in [0, 0.05) is 6.04 Å². The van der Waals surface area contributed by atoms with Crippen molar-refractivity contribution in [1.29, 1.82) is 0 Å². The van der Waals surface area contributed by atoms with Crippen LogP contribution in [0.25, 0.3) is 0 Å². The molecule has 0 aliphatic heterocycles. The summed E-state index contributed by atoms with van der Waals surface area (Å²) in [7, 11) is 1.70. The van der Waals surface area contributed by atoms with E-state index >= 15 is 0 Å². The molecule has 0 saturated heterocycles. The first-order valence-electron chi connectivity index (χ1n) is 6.54. The van der Waals surface area contributed by atoms with Crippen molar-refractivity contribution in [2.24, 2.45) is 5.92 Å². The van der Waals surface area contributed by atoms with Crippen LogP contribution >= 0.6 is 0 Å². The molecule has 0 spiro atoms. The minimum atomic E-state index is 0.466. The molecule has 0 fully saturated rings. The van der Waals surface area contributed by atoms with Gasteiger partial charge in [0.2, 0.25) is 0 Å². The summed E-state index contributed by atoms with van der Waals surface area (Å²) in [5, 5.41) is 3.55. The van der Waals surface area contributed by atoms with E-state index in [-0.39, 0.29) is 0 Å². The predicted molar refractivity (Wildman–Crippen MR) is 73.5 cm³/mol. The number of rotatable bonds is 7. The SMILES string of the molecule is CCNC(CCC(C)C)c1ccc(OC)cc1. The van der Waals surface area contributed by atoms with Crippen molar-refractivity contribution in [3.05, 3.63) is 29.8 Å². The van der Waals surface area contributed by atoms with Crippen LogP contribution in [0.4, 0.5) is 0 Å². The first-order chi connectivity index (χ1) is 8.17. The maximum absolute atomic E-state index is 5.19. The number of ether oxygens (including phenoxy) is 1. The third-order valence-corrected chi connectivity index (χ3v) is 3.00. The molecule has 1 atom stereocenters. The van der Waals surface area contributed by atoms with E-state index in [2.05, 4.69) is 38.2 Å². The molecule has 96 valence electrons. The first-order valence-corrected chi connectivity index (χ1v) is 6.54. The second-order valence-corrected chi connectivity index (χ2v) is 4.85. The molecule has 0 radical (unpaired) electrons. The van der Waals surface area contributed by atoms with E-state index < -0.39 is 0 Å². The van der Waals surface area contributed by atoms with Gasteiger partial charge in [-0.3, -0.25) is 0 Å². The van der Waals surface area contributed by atoms with E-state index in [0.29, 0.717) is 6.04 Å². The van der Waals surface area contributed by atoms with Crippen LogP contribution < -0.4 is 10.1 Å². The molecule has 0 aliphatic carbocycles. The maximum atomic E-state index is 5.19. The van der Waals surface area contributed by atoms with Gasteiger partial charge in [0.15, 0.2) is 0 Å². The van der Waals surface area contributed by atoms with Crippen LogP contribution in [0, 0.1) is 5.92 Å². The Balaban J connectivity index is 2.67. The monoisotopic (exact) mass is 235 g/mol. The fourth-order valence-corrected chi connectivity index (χ4v) is 1.97. The average Bonchev–Trinajstić information content (AvgIpc) is 2.34. The Hall–Kier alpha value is -1.02. The quantitative estimate of drug-likeness (QED) is 0.776. The van der Waals surface area contributed by atoms with Gasteiger partial charge < -0.3 is 10.1 Å². The Kier molecular flexibility index (Phi) is 6.06. The van der Waals surface area contributed by atoms with Gasteiger partial charge in [0.25, 0.3) is 0 Å². The molecule has 1 rings (SSSR count). The normalized spacial score (nSPS) is 12.8. The summed E-state index contributed by atoms with van der Waals surface area (Å²) < 4.78 is 5.19. The number of benzene rings is 1. The van der Waals surface area contributed by atoms with Crippen molar-refractivity contribution in [3.63, 3.8) is 0 Å². The molecule has 0 amide bonds. The van der Waals surface area contributed by atoms with Crippen LogP contribution in [0.5, 0.6) is 5.75 Å². The third-order valence-electron chi connectivity index (χ3n) is 3.00. The molecule has 1 N–H and O–H groups in total. The molecule has 0 saturated carbocycles. The van der Waals surface area contributed by atoms with Gasteiger partial charge in [0.1, 0.15) is 5.75 Å². The van der Waals surface area contributed by atoms with Crippen LogP contribution in [0.1, 0.15) is 45.2 Å². The summed E-state index contributed by atoms with van der Waals surface area (Å²) in [6.07, 6.45) is 2.45. The van der Waals surface area contributed by atoms with Gasteiger partial charge in [-0.05, 0) is 43.0 Å². The highest BCUT2D eigenvalue weighted by Gasteiger charge is 2.10. The van der Waals surface area contributed by atoms with E-state index in [1.807, 2.05) is 12.1 Å². The highest BCUT2D eigenvalue weighted by molar-refractivity contribution is 5.29. The highest BCUT2D eigenvalue weighted by atomic mass is 16.5. The van der Waals surface area contributed by atoms with Gasteiger partial charge in [0.05, 0.1) is 7.11 Å². The molecule has 0 heterocycles. The molecule has 2 nitrogen and oxygen atoms in total. The van der Waals surface area contributed by atoms with E-state index in [9.17, 15) is 0 Å². The lowest BCUT2D eigenvalue weighted by Gasteiger charge is -2.19. The zero-order valence-corrected chi connectivity index (χ0v) is 11.5. The fourth-order valence-electron chi connectivity index (χ4n) is 1.97. The molecular formula is C15H25NO. The summed E-state index contributed by atoms with van der Waals surface area (Å²) in [4.78, 5) is 0. The Morgan fingerprint density at radius 3 is 2.24 bits per heavy atom. The number of hydrogen-bond acceptors (Lipinski definition) is 2. The molecule has 0 aromatic heterocycles. The van der Waals surface area contributed by atoms with Crippen molar-refractivity contribution in [2.45, 2.75) is 39.7 Å². The lowest BCUT2D eigenvalue weighted by Crippen LogP contribution is -2.21. The largest absolute Gasteiger partial charge is 0.497 e. The van der Waals surface area contributed by atoms with E-state index in [1.165, 1.54) is 18.4 Å². The van der Waals surface area contributed by atoms with Crippen molar-refractivity contribution >= 4 is 0 Å². The first kappa shape index (κ1) is 14.0. The van der Waals surface area contributed by atoms with Crippen molar-refractivity contribution < 1.29 is 4.74 Å². The van der Waals surface area contributed by atoms with Crippen LogP contribution in [0.2, 0.25) is 0 Å². The smallest absolute Gasteiger partial charge is 0.118 e. The maximum Gasteiger partial charge on any atom is 0.118 e.